The van der Waals surface area contributed by atoms with Gasteiger partial charge in [0.15, 0.2) is 0 Å². The average Bonchev–Trinajstić information content (AvgIpc) is 2.73. The van der Waals surface area contributed by atoms with Gasteiger partial charge in [-0.3, -0.25) is 4.79 Å². The highest BCUT2D eigenvalue weighted by Crippen LogP contribution is 2.37. The van der Waals surface area contributed by atoms with Crippen molar-refractivity contribution >= 4 is 25.0 Å². The van der Waals surface area contributed by atoms with Gasteiger partial charge in [-0.15, -0.1) is 0 Å². The Morgan fingerprint density at radius 2 is 1.53 bits per heavy atom. The van der Waals surface area contributed by atoms with Gasteiger partial charge in [0.2, 0.25) is 0 Å². The van der Waals surface area contributed by atoms with Crippen LogP contribution in [0.1, 0.15) is 34.1 Å². The van der Waals surface area contributed by atoms with Crippen LogP contribution < -0.4 is 10.4 Å². The molecule has 4 nitrogen and oxygen atoms in total. The summed E-state index contributed by atoms with van der Waals surface area (Å²) in [6.07, 6.45) is 2.79. The third kappa shape index (κ3) is 5.98. The summed E-state index contributed by atoms with van der Waals surface area (Å²) in [4.78, 5) is 10.9. The van der Waals surface area contributed by atoms with Crippen molar-refractivity contribution in [3.8, 4) is 0 Å². The molecule has 5 heteroatoms. The Hall–Kier alpha value is -2.05. The minimum absolute atomic E-state index is 0.102. The molecule has 0 radical (unpaired) electrons. The number of hydrogen-bond donors (Lipinski definition) is 0. The van der Waals surface area contributed by atoms with E-state index in [0.29, 0.717) is 13.0 Å². The lowest BCUT2D eigenvalue weighted by atomic mass is 10.1. The molecule has 2 aromatic carbocycles. The van der Waals surface area contributed by atoms with Gasteiger partial charge < -0.3 is 13.9 Å². The molecule has 2 rings (SSSR count). The Kier molecular flexibility index (Phi) is 9.18. The van der Waals surface area contributed by atoms with Crippen LogP contribution in [0.5, 0.6) is 0 Å². The maximum absolute atomic E-state index is 10.9. The smallest absolute Gasteiger partial charge is 0.261 e. The van der Waals surface area contributed by atoms with Gasteiger partial charge in [0.25, 0.3) is 8.32 Å². The summed E-state index contributed by atoms with van der Waals surface area (Å²) in [6, 6.07) is 21.1. The van der Waals surface area contributed by atoms with Crippen LogP contribution in [-0.4, -0.2) is 41.2 Å². The molecule has 0 bridgehead atoms. The minimum atomic E-state index is -2.63. The Bertz CT molecular complexity index is 757. The SMILES string of the molecule is COCO[C@H](CO[Si](c1ccccc1)(c1ccccc1)C(C)(C)C)C/C(C)=C/C=O. The molecule has 2 aromatic rings. The van der Waals surface area contributed by atoms with Crippen LogP contribution in [0.3, 0.4) is 0 Å². The van der Waals surface area contributed by atoms with Gasteiger partial charge in [0, 0.05) is 7.11 Å². The van der Waals surface area contributed by atoms with Crippen LogP contribution in [0.4, 0.5) is 0 Å². The zero-order chi connectivity index (χ0) is 22.0. The third-order valence-corrected chi connectivity index (χ3v) is 10.2. The summed E-state index contributed by atoms with van der Waals surface area (Å²) in [5, 5.41) is 2.36. The Morgan fingerprint density at radius 1 is 1.00 bits per heavy atom. The second kappa shape index (κ2) is 11.4. The van der Waals surface area contributed by atoms with E-state index >= 15 is 0 Å². The molecular weight excluding hydrogens is 392 g/mol. The average molecular weight is 427 g/mol. The molecule has 0 saturated heterocycles. The number of benzene rings is 2. The van der Waals surface area contributed by atoms with E-state index < -0.39 is 8.32 Å². The number of hydrogen-bond acceptors (Lipinski definition) is 4. The normalized spacial score (nSPS) is 13.8. The number of ether oxygens (including phenoxy) is 2. The minimum Gasteiger partial charge on any atom is -0.405 e. The third-order valence-electron chi connectivity index (χ3n) is 5.23. The highest BCUT2D eigenvalue weighted by Gasteiger charge is 2.50. The largest absolute Gasteiger partial charge is 0.405 e. The van der Waals surface area contributed by atoms with Gasteiger partial charge in [-0.25, -0.2) is 0 Å². The highest BCUT2D eigenvalue weighted by molar-refractivity contribution is 6.99. The van der Waals surface area contributed by atoms with Crippen LogP contribution in [0.2, 0.25) is 5.04 Å². The zero-order valence-corrected chi connectivity index (χ0v) is 19.8. The van der Waals surface area contributed by atoms with Gasteiger partial charge in [0.1, 0.15) is 13.1 Å². The predicted molar refractivity (Wildman–Crippen MR) is 125 cm³/mol. The molecule has 0 saturated carbocycles. The fourth-order valence-electron chi connectivity index (χ4n) is 3.85. The Morgan fingerprint density at radius 3 is 1.97 bits per heavy atom. The number of aldehydes is 1. The summed E-state index contributed by atoms with van der Waals surface area (Å²) in [7, 11) is -1.03. The second-order valence-electron chi connectivity index (χ2n) is 8.52. The zero-order valence-electron chi connectivity index (χ0n) is 18.8. The van der Waals surface area contributed by atoms with Crippen LogP contribution in [0.25, 0.3) is 0 Å². The highest BCUT2D eigenvalue weighted by atomic mass is 28.4. The van der Waals surface area contributed by atoms with Crippen molar-refractivity contribution < 1.29 is 18.7 Å². The fraction of sp³-hybridized carbons (Fsp3) is 0.400. The van der Waals surface area contributed by atoms with Crippen molar-refractivity contribution in [3.05, 3.63) is 72.3 Å². The maximum Gasteiger partial charge on any atom is 0.261 e. The molecule has 30 heavy (non-hydrogen) atoms. The second-order valence-corrected chi connectivity index (χ2v) is 12.8. The molecule has 162 valence electrons. The Balaban J connectivity index is 2.46. The number of carbonyl (C=O) groups is 1. The first kappa shape index (κ1) is 24.2. The molecule has 0 aliphatic carbocycles. The van der Waals surface area contributed by atoms with Gasteiger partial charge in [-0.1, -0.05) is 87.0 Å². The van der Waals surface area contributed by atoms with E-state index in [0.717, 1.165) is 11.9 Å². The van der Waals surface area contributed by atoms with Crippen molar-refractivity contribution in [2.24, 2.45) is 0 Å². The molecule has 0 aliphatic heterocycles. The molecule has 0 aromatic heterocycles. The molecular formula is C25H34O4Si. The van der Waals surface area contributed by atoms with E-state index in [9.17, 15) is 4.79 Å². The van der Waals surface area contributed by atoms with Gasteiger partial charge in [-0.05, 0) is 34.8 Å². The monoisotopic (exact) mass is 426 g/mol. The first-order chi connectivity index (χ1) is 14.3. The van der Waals surface area contributed by atoms with Crippen LogP contribution in [-0.2, 0) is 18.7 Å². The lowest BCUT2D eigenvalue weighted by molar-refractivity contribution is -0.104. The molecule has 0 aliphatic rings. The first-order valence-corrected chi connectivity index (χ1v) is 12.2. The molecule has 0 amide bonds. The van der Waals surface area contributed by atoms with E-state index in [1.165, 1.54) is 10.4 Å². The van der Waals surface area contributed by atoms with Crippen LogP contribution in [0, 0.1) is 0 Å². The summed E-state index contributed by atoms with van der Waals surface area (Å²) in [6.45, 7) is 9.29. The molecule has 0 unspecified atom stereocenters. The predicted octanol–water partition coefficient (Wildman–Crippen LogP) is 4.09. The van der Waals surface area contributed by atoms with Gasteiger partial charge in [0.05, 0.1) is 12.7 Å². The van der Waals surface area contributed by atoms with Crippen molar-refractivity contribution in [3.63, 3.8) is 0 Å². The number of rotatable bonds is 11. The molecule has 0 N–H and O–H groups in total. The number of allylic oxidation sites excluding steroid dienone is 1. The summed E-state index contributed by atoms with van der Waals surface area (Å²) in [5.41, 5.74) is 0.956. The van der Waals surface area contributed by atoms with E-state index in [4.69, 9.17) is 13.9 Å². The lowest BCUT2D eigenvalue weighted by Gasteiger charge is -2.43. The van der Waals surface area contributed by atoms with Crippen molar-refractivity contribution in [2.45, 2.75) is 45.3 Å². The first-order valence-electron chi connectivity index (χ1n) is 10.3. The molecule has 0 heterocycles. The Labute approximate surface area is 182 Å². The van der Waals surface area contributed by atoms with Gasteiger partial charge >= 0.3 is 0 Å². The van der Waals surface area contributed by atoms with Crippen LogP contribution in [0.15, 0.2) is 72.3 Å². The fourth-order valence-corrected chi connectivity index (χ4v) is 8.44. The van der Waals surface area contributed by atoms with Crippen molar-refractivity contribution in [2.75, 3.05) is 20.5 Å². The quantitative estimate of drug-likeness (QED) is 0.235. The summed E-state index contributed by atoms with van der Waals surface area (Å²) < 4.78 is 18.0. The topological polar surface area (TPSA) is 44.8 Å². The maximum atomic E-state index is 10.9. The summed E-state index contributed by atoms with van der Waals surface area (Å²) >= 11 is 0. The van der Waals surface area contributed by atoms with E-state index in [2.05, 4.69) is 69.3 Å². The van der Waals surface area contributed by atoms with E-state index in [-0.39, 0.29) is 17.9 Å². The summed E-state index contributed by atoms with van der Waals surface area (Å²) in [5.74, 6) is 0. The molecule has 0 spiro atoms. The van der Waals surface area contributed by atoms with E-state index in [1.807, 2.05) is 19.1 Å². The molecule has 0 fully saturated rings. The molecule has 1 atom stereocenters. The van der Waals surface area contributed by atoms with Crippen molar-refractivity contribution in [1.82, 2.24) is 0 Å². The van der Waals surface area contributed by atoms with Crippen LogP contribution >= 0.6 is 0 Å². The van der Waals surface area contributed by atoms with E-state index in [1.54, 1.807) is 13.2 Å². The number of carbonyl (C=O) groups excluding carboxylic acids is 1. The standard InChI is InChI=1S/C25H34O4Si/c1-21(16-17-26)18-22(28-20-27-5)19-29-30(25(2,3)4,23-12-8-6-9-13-23)24-14-10-7-11-15-24/h6-17,22H,18-20H2,1-5H3/b21-16+/t22-/m0/s1. The lowest BCUT2D eigenvalue weighted by Crippen LogP contribution is -2.67. The number of methoxy groups -OCH3 is 1. The van der Waals surface area contributed by atoms with Gasteiger partial charge in [-0.2, -0.15) is 0 Å². The van der Waals surface area contributed by atoms with Crippen molar-refractivity contribution in [1.29, 1.82) is 0 Å².